The van der Waals surface area contributed by atoms with Crippen LogP contribution < -0.4 is 0 Å². The normalized spacial score (nSPS) is 12.1. The Balaban J connectivity index is 1.50. The van der Waals surface area contributed by atoms with Gasteiger partial charge >= 0.3 is 6.55 Å². The number of rotatable bonds is 6. The molecule has 0 saturated heterocycles. The molecule has 0 N–H and O–H groups in total. The summed E-state index contributed by atoms with van der Waals surface area (Å²) in [4.78, 5) is 9.54. The number of nitrogens with zero attached hydrogens (tertiary/aromatic N) is 4. The van der Waals surface area contributed by atoms with E-state index in [0.717, 1.165) is 15.7 Å². The van der Waals surface area contributed by atoms with E-state index < -0.39 is 6.55 Å². The molecule has 148 valence electrons. The van der Waals surface area contributed by atoms with Gasteiger partial charge in [-0.15, -0.1) is 0 Å². The smallest absolute Gasteiger partial charge is 0.320 e. The first kappa shape index (κ1) is 18.8. The molecular formula is C21H18F2N4O2. The second kappa shape index (κ2) is 7.83. The number of halogens is 2. The third-order valence-electron chi connectivity index (χ3n) is 4.43. The summed E-state index contributed by atoms with van der Waals surface area (Å²) in [7, 11) is 0. The summed E-state index contributed by atoms with van der Waals surface area (Å²) in [6, 6.07) is 16.3. The van der Waals surface area contributed by atoms with Gasteiger partial charge in [-0.2, -0.15) is 8.78 Å². The van der Waals surface area contributed by atoms with Crippen LogP contribution in [-0.2, 0) is 11.4 Å². The summed E-state index contributed by atoms with van der Waals surface area (Å²) in [6.45, 7) is 0.853. The fourth-order valence-electron chi connectivity index (χ4n) is 2.97. The fourth-order valence-corrected chi connectivity index (χ4v) is 2.97. The van der Waals surface area contributed by atoms with Gasteiger partial charge in [0.25, 0.3) is 0 Å². The van der Waals surface area contributed by atoms with Crippen LogP contribution in [0, 0.1) is 6.92 Å². The molecule has 8 heteroatoms. The predicted molar refractivity (Wildman–Crippen MR) is 105 cm³/mol. The van der Waals surface area contributed by atoms with E-state index >= 15 is 0 Å². The van der Waals surface area contributed by atoms with Crippen LogP contribution in [0.15, 0.2) is 64.3 Å². The van der Waals surface area contributed by atoms with Crippen LogP contribution in [0.4, 0.5) is 8.78 Å². The fraction of sp³-hybridized carbons (Fsp3) is 0.190. The lowest BCUT2D eigenvalue weighted by atomic mass is 10.1. The Bertz CT molecular complexity index is 1160. The number of aryl methyl sites for hydroxylation is 1. The first-order chi connectivity index (χ1) is 14.0. The van der Waals surface area contributed by atoms with Gasteiger partial charge in [0.05, 0.1) is 11.0 Å². The highest BCUT2D eigenvalue weighted by Gasteiger charge is 2.19. The van der Waals surface area contributed by atoms with E-state index in [4.69, 9.17) is 9.36 Å². The quantitative estimate of drug-likeness (QED) is 0.326. The SMILES string of the molecule is C/C(=N\OCc1cc(-c2ccc(C)cc2)no1)c1nc2ccccc2n1C(F)F. The minimum Gasteiger partial charge on any atom is -0.387 e. The van der Waals surface area contributed by atoms with E-state index in [1.54, 1.807) is 37.3 Å². The van der Waals surface area contributed by atoms with Crippen LogP contribution in [-0.4, -0.2) is 20.4 Å². The standard InChI is InChI=1S/C21H18F2N4O2/c1-13-7-9-15(10-8-13)18-11-16(29-26-18)12-28-25-14(2)20-24-17-5-3-4-6-19(17)27(20)21(22)23/h3-11,21H,12H2,1-2H3/b25-14+. The van der Waals surface area contributed by atoms with Crippen LogP contribution in [0.1, 0.15) is 30.6 Å². The van der Waals surface area contributed by atoms with Gasteiger partial charge in [0.2, 0.25) is 0 Å². The minimum atomic E-state index is -2.74. The molecule has 4 rings (SSSR count). The molecular weight excluding hydrogens is 378 g/mol. The van der Waals surface area contributed by atoms with E-state index in [1.807, 2.05) is 31.2 Å². The Morgan fingerprint density at radius 3 is 2.69 bits per heavy atom. The monoisotopic (exact) mass is 396 g/mol. The molecule has 4 aromatic rings. The molecule has 2 aromatic carbocycles. The summed E-state index contributed by atoms with van der Waals surface area (Å²) >= 11 is 0. The Kier molecular flexibility index (Phi) is 5.07. The highest BCUT2D eigenvalue weighted by Crippen LogP contribution is 2.24. The van der Waals surface area contributed by atoms with Crippen molar-refractivity contribution in [2.45, 2.75) is 27.0 Å². The first-order valence-corrected chi connectivity index (χ1v) is 8.97. The molecule has 0 saturated carbocycles. The van der Waals surface area contributed by atoms with E-state index in [0.29, 0.717) is 22.5 Å². The molecule has 0 aliphatic heterocycles. The van der Waals surface area contributed by atoms with Crippen molar-refractivity contribution in [2.75, 3.05) is 0 Å². The van der Waals surface area contributed by atoms with Crippen LogP contribution in [0.2, 0.25) is 0 Å². The molecule has 0 radical (unpaired) electrons. The molecule has 0 aliphatic carbocycles. The number of imidazole rings is 1. The summed E-state index contributed by atoms with van der Waals surface area (Å²) in [5, 5.41) is 7.95. The van der Waals surface area contributed by atoms with Crippen molar-refractivity contribution in [3.8, 4) is 11.3 Å². The molecule has 0 bridgehead atoms. The number of benzene rings is 2. The summed E-state index contributed by atoms with van der Waals surface area (Å²) in [5.74, 6) is 0.526. The maximum Gasteiger partial charge on any atom is 0.320 e. The third-order valence-corrected chi connectivity index (χ3v) is 4.43. The lowest BCUT2D eigenvalue weighted by Gasteiger charge is -2.07. The van der Waals surface area contributed by atoms with Gasteiger partial charge in [-0.25, -0.2) is 4.98 Å². The van der Waals surface area contributed by atoms with Crippen molar-refractivity contribution >= 4 is 16.7 Å². The number of oxime groups is 1. The minimum absolute atomic E-state index is 0.0190. The topological polar surface area (TPSA) is 65.4 Å². The molecule has 0 atom stereocenters. The molecule has 0 spiro atoms. The Morgan fingerprint density at radius 2 is 1.93 bits per heavy atom. The van der Waals surface area contributed by atoms with Crippen LogP contribution in [0.5, 0.6) is 0 Å². The number of hydrogen-bond acceptors (Lipinski definition) is 5. The van der Waals surface area contributed by atoms with Crippen molar-refractivity contribution in [3.63, 3.8) is 0 Å². The average molecular weight is 396 g/mol. The maximum atomic E-state index is 13.5. The van der Waals surface area contributed by atoms with Crippen molar-refractivity contribution < 1.29 is 18.1 Å². The maximum absolute atomic E-state index is 13.5. The second-order valence-corrected chi connectivity index (χ2v) is 6.57. The second-order valence-electron chi connectivity index (χ2n) is 6.57. The lowest BCUT2D eigenvalue weighted by Crippen LogP contribution is -2.10. The largest absolute Gasteiger partial charge is 0.387 e. The molecule has 0 unspecified atom stereocenters. The number of fused-ring (bicyclic) bond motifs is 1. The summed E-state index contributed by atoms with van der Waals surface area (Å²) < 4.78 is 33.2. The molecule has 0 fully saturated rings. The van der Waals surface area contributed by atoms with Crippen LogP contribution in [0.25, 0.3) is 22.3 Å². The number of para-hydroxylation sites is 2. The van der Waals surface area contributed by atoms with Gasteiger partial charge in [-0.05, 0) is 26.0 Å². The zero-order chi connectivity index (χ0) is 20.4. The van der Waals surface area contributed by atoms with Gasteiger partial charge in [-0.3, -0.25) is 4.57 Å². The van der Waals surface area contributed by atoms with Gasteiger partial charge in [0.1, 0.15) is 11.4 Å². The van der Waals surface area contributed by atoms with E-state index in [1.165, 1.54) is 0 Å². The van der Waals surface area contributed by atoms with E-state index in [-0.39, 0.29) is 18.1 Å². The summed E-state index contributed by atoms with van der Waals surface area (Å²) in [5.41, 5.74) is 3.81. The zero-order valence-electron chi connectivity index (χ0n) is 15.8. The Hall–Kier alpha value is -3.55. The highest BCUT2D eigenvalue weighted by molar-refractivity contribution is 5.98. The van der Waals surface area contributed by atoms with Crippen molar-refractivity contribution in [2.24, 2.45) is 5.16 Å². The number of hydrogen-bond donors (Lipinski definition) is 0. The van der Waals surface area contributed by atoms with E-state index in [2.05, 4.69) is 15.3 Å². The van der Waals surface area contributed by atoms with Gasteiger partial charge < -0.3 is 9.36 Å². The Morgan fingerprint density at radius 1 is 1.17 bits per heavy atom. The van der Waals surface area contributed by atoms with Gasteiger partial charge in [0.15, 0.2) is 18.2 Å². The van der Waals surface area contributed by atoms with Crippen molar-refractivity contribution in [3.05, 3.63) is 71.7 Å². The zero-order valence-corrected chi connectivity index (χ0v) is 15.8. The first-order valence-electron chi connectivity index (χ1n) is 8.97. The summed E-state index contributed by atoms with van der Waals surface area (Å²) in [6.07, 6.45) is 0. The Labute approximate surface area is 165 Å². The molecule has 29 heavy (non-hydrogen) atoms. The molecule has 6 nitrogen and oxygen atoms in total. The molecule has 2 aromatic heterocycles. The lowest BCUT2D eigenvalue weighted by molar-refractivity contribution is 0.0734. The van der Waals surface area contributed by atoms with Crippen molar-refractivity contribution in [1.82, 2.24) is 14.7 Å². The van der Waals surface area contributed by atoms with Crippen LogP contribution >= 0.6 is 0 Å². The van der Waals surface area contributed by atoms with Crippen LogP contribution in [0.3, 0.4) is 0 Å². The number of alkyl halides is 2. The van der Waals surface area contributed by atoms with Gasteiger partial charge in [-0.1, -0.05) is 52.3 Å². The molecule has 0 amide bonds. The van der Waals surface area contributed by atoms with E-state index in [9.17, 15) is 8.78 Å². The third kappa shape index (κ3) is 3.87. The predicted octanol–water partition coefficient (Wildman–Crippen LogP) is 5.34. The number of aromatic nitrogens is 3. The highest BCUT2D eigenvalue weighted by atomic mass is 19.3. The molecule has 2 heterocycles. The molecule has 0 aliphatic rings. The van der Waals surface area contributed by atoms with Gasteiger partial charge in [0, 0.05) is 11.6 Å². The van der Waals surface area contributed by atoms with Crippen molar-refractivity contribution in [1.29, 1.82) is 0 Å². The average Bonchev–Trinajstić information content (AvgIpc) is 3.33.